The van der Waals surface area contributed by atoms with Gasteiger partial charge in [-0.1, -0.05) is 11.6 Å². The number of rotatable bonds is 2. The fourth-order valence-corrected chi connectivity index (χ4v) is 2.01. The minimum absolute atomic E-state index is 0.101. The summed E-state index contributed by atoms with van der Waals surface area (Å²) in [5, 5.41) is 3.36. The fraction of sp³-hybridized carbons (Fsp3) is 0.364. The summed E-state index contributed by atoms with van der Waals surface area (Å²) in [6, 6.07) is 5.30. The molecule has 0 aliphatic carbocycles. The molecule has 86 valence electrons. The van der Waals surface area contributed by atoms with E-state index in [-0.39, 0.29) is 12.0 Å². The SMILES string of the molecule is O=C(Nc1ccc(Br)c(Cl)c1)[C@H]1CCCO1. The van der Waals surface area contributed by atoms with Crippen molar-refractivity contribution in [2.24, 2.45) is 0 Å². The lowest BCUT2D eigenvalue weighted by molar-refractivity contribution is -0.124. The summed E-state index contributed by atoms with van der Waals surface area (Å²) in [5.74, 6) is -0.101. The number of halogens is 2. The number of hydrogen-bond donors (Lipinski definition) is 1. The second kappa shape index (κ2) is 5.17. The Balaban J connectivity index is 2.02. The summed E-state index contributed by atoms with van der Waals surface area (Å²) in [6.45, 7) is 0.666. The zero-order valence-corrected chi connectivity index (χ0v) is 10.8. The van der Waals surface area contributed by atoms with Crippen LogP contribution in [0.1, 0.15) is 12.8 Å². The van der Waals surface area contributed by atoms with Gasteiger partial charge in [0.1, 0.15) is 6.10 Å². The minimum Gasteiger partial charge on any atom is -0.368 e. The normalized spacial score (nSPS) is 19.8. The molecule has 0 saturated carbocycles. The van der Waals surface area contributed by atoms with Crippen molar-refractivity contribution in [2.75, 3.05) is 11.9 Å². The molecule has 1 saturated heterocycles. The highest BCUT2D eigenvalue weighted by Crippen LogP contribution is 2.26. The molecule has 0 radical (unpaired) electrons. The molecule has 1 aromatic rings. The average molecular weight is 305 g/mol. The number of anilines is 1. The lowest BCUT2D eigenvalue weighted by atomic mass is 10.2. The van der Waals surface area contributed by atoms with Crippen LogP contribution in [0.25, 0.3) is 0 Å². The second-order valence-corrected chi connectivity index (χ2v) is 4.88. The maximum Gasteiger partial charge on any atom is 0.253 e. The smallest absolute Gasteiger partial charge is 0.253 e. The molecule has 1 aliphatic rings. The van der Waals surface area contributed by atoms with Gasteiger partial charge < -0.3 is 10.1 Å². The van der Waals surface area contributed by atoms with E-state index in [0.717, 1.165) is 17.3 Å². The Morgan fingerprint density at radius 2 is 2.38 bits per heavy atom. The van der Waals surface area contributed by atoms with Crippen LogP contribution in [0.2, 0.25) is 5.02 Å². The van der Waals surface area contributed by atoms with E-state index in [2.05, 4.69) is 21.2 Å². The van der Waals surface area contributed by atoms with Crippen molar-refractivity contribution < 1.29 is 9.53 Å². The molecule has 5 heteroatoms. The first-order chi connectivity index (χ1) is 7.66. The van der Waals surface area contributed by atoms with Crippen molar-refractivity contribution in [3.8, 4) is 0 Å². The average Bonchev–Trinajstić information content (AvgIpc) is 2.77. The molecule has 0 bridgehead atoms. The molecule has 3 nitrogen and oxygen atoms in total. The van der Waals surface area contributed by atoms with E-state index < -0.39 is 0 Å². The van der Waals surface area contributed by atoms with E-state index in [1.807, 2.05) is 0 Å². The third-order valence-electron chi connectivity index (χ3n) is 2.41. The molecule has 0 spiro atoms. The van der Waals surface area contributed by atoms with E-state index in [1.54, 1.807) is 18.2 Å². The molecule has 1 amide bonds. The molecule has 1 atom stereocenters. The van der Waals surface area contributed by atoms with Crippen LogP contribution in [0.15, 0.2) is 22.7 Å². The van der Waals surface area contributed by atoms with Gasteiger partial charge in [0.15, 0.2) is 0 Å². The standard InChI is InChI=1S/C11H11BrClNO2/c12-8-4-3-7(6-9(8)13)14-11(15)10-2-1-5-16-10/h3-4,6,10H,1-2,5H2,(H,14,15)/t10-/m1/s1. The molecule has 0 unspecified atom stereocenters. The Labute approximate surface area is 107 Å². The van der Waals surface area contributed by atoms with E-state index in [1.165, 1.54) is 0 Å². The van der Waals surface area contributed by atoms with Crippen LogP contribution in [-0.4, -0.2) is 18.6 Å². The number of benzene rings is 1. The number of nitrogens with one attached hydrogen (secondary N) is 1. The first kappa shape index (κ1) is 11.9. The van der Waals surface area contributed by atoms with Crippen LogP contribution < -0.4 is 5.32 Å². The number of amides is 1. The molecule has 1 heterocycles. The van der Waals surface area contributed by atoms with Crippen LogP contribution in [0, 0.1) is 0 Å². The monoisotopic (exact) mass is 303 g/mol. The van der Waals surface area contributed by atoms with Gasteiger partial charge >= 0.3 is 0 Å². The van der Waals surface area contributed by atoms with Gasteiger partial charge in [0, 0.05) is 16.8 Å². The third kappa shape index (κ3) is 2.75. The Hall–Kier alpha value is -0.580. The Kier molecular flexibility index (Phi) is 3.84. The van der Waals surface area contributed by atoms with Gasteiger partial charge in [-0.2, -0.15) is 0 Å². The van der Waals surface area contributed by atoms with E-state index >= 15 is 0 Å². The van der Waals surface area contributed by atoms with Crippen molar-refractivity contribution in [3.05, 3.63) is 27.7 Å². The lowest BCUT2D eigenvalue weighted by Gasteiger charge is -2.10. The van der Waals surface area contributed by atoms with Gasteiger partial charge in [-0.05, 0) is 47.0 Å². The predicted molar refractivity (Wildman–Crippen MR) is 66.8 cm³/mol. The Morgan fingerprint density at radius 3 is 3.00 bits per heavy atom. The van der Waals surface area contributed by atoms with Crippen molar-refractivity contribution in [3.63, 3.8) is 0 Å². The minimum atomic E-state index is -0.317. The van der Waals surface area contributed by atoms with Gasteiger partial charge in [0.2, 0.25) is 0 Å². The molecular weight excluding hydrogens is 293 g/mol. The summed E-state index contributed by atoms with van der Waals surface area (Å²) >= 11 is 9.22. The molecule has 0 aromatic heterocycles. The molecule has 1 fully saturated rings. The van der Waals surface area contributed by atoms with E-state index in [4.69, 9.17) is 16.3 Å². The maximum absolute atomic E-state index is 11.7. The molecule has 1 aliphatic heterocycles. The highest BCUT2D eigenvalue weighted by Gasteiger charge is 2.23. The number of ether oxygens (including phenoxy) is 1. The van der Waals surface area contributed by atoms with Crippen molar-refractivity contribution in [1.82, 2.24) is 0 Å². The highest BCUT2D eigenvalue weighted by molar-refractivity contribution is 9.10. The molecule has 1 aromatic carbocycles. The summed E-state index contributed by atoms with van der Waals surface area (Å²) in [5.41, 5.74) is 0.689. The number of carbonyl (C=O) groups excluding carboxylic acids is 1. The van der Waals surface area contributed by atoms with Gasteiger partial charge in [0.05, 0.1) is 5.02 Å². The fourth-order valence-electron chi connectivity index (χ4n) is 1.58. The van der Waals surface area contributed by atoms with E-state index in [9.17, 15) is 4.79 Å². The highest BCUT2D eigenvalue weighted by atomic mass is 79.9. The third-order valence-corrected chi connectivity index (χ3v) is 3.64. The summed E-state index contributed by atoms with van der Waals surface area (Å²) in [4.78, 5) is 11.7. The van der Waals surface area contributed by atoms with Crippen LogP contribution in [-0.2, 0) is 9.53 Å². The molecular formula is C11H11BrClNO2. The second-order valence-electron chi connectivity index (χ2n) is 3.62. The molecule has 2 rings (SSSR count). The van der Waals surface area contributed by atoms with Crippen LogP contribution >= 0.6 is 27.5 Å². The largest absolute Gasteiger partial charge is 0.368 e. The lowest BCUT2D eigenvalue weighted by Crippen LogP contribution is -2.26. The zero-order chi connectivity index (χ0) is 11.5. The van der Waals surface area contributed by atoms with Crippen LogP contribution in [0.4, 0.5) is 5.69 Å². The van der Waals surface area contributed by atoms with E-state index in [0.29, 0.717) is 17.3 Å². The zero-order valence-electron chi connectivity index (χ0n) is 8.50. The van der Waals surface area contributed by atoms with Gasteiger partial charge in [-0.15, -0.1) is 0 Å². The number of carbonyl (C=O) groups is 1. The predicted octanol–water partition coefficient (Wildman–Crippen LogP) is 3.22. The summed E-state index contributed by atoms with van der Waals surface area (Å²) < 4.78 is 6.10. The first-order valence-electron chi connectivity index (χ1n) is 5.04. The van der Waals surface area contributed by atoms with Crippen molar-refractivity contribution in [1.29, 1.82) is 0 Å². The molecule has 16 heavy (non-hydrogen) atoms. The van der Waals surface area contributed by atoms with Gasteiger partial charge in [-0.25, -0.2) is 0 Å². The van der Waals surface area contributed by atoms with Crippen LogP contribution in [0.5, 0.6) is 0 Å². The number of hydrogen-bond acceptors (Lipinski definition) is 2. The van der Waals surface area contributed by atoms with Gasteiger partial charge in [-0.3, -0.25) is 4.79 Å². The van der Waals surface area contributed by atoms with Crippen LogP contribution in [0.3, 0.4) is 0 Å². The quantitative estimate of drug-likeness (QED) is 0.911. The molecule has 1 N–H and O–H groups in total. The Bertz CT molecular complexity index is 405. The summed E-state index contributed by atoms with van der Waals surface area (Å²) in [6.07, 6.45) is 1.41. The Morgan fingerprint density at radius 1 is 1.56 bits per heavy atom. The van der Waals surface area contributed by atoms with Crippen molar-refractivity contribution >= 4 is 39.1 Å². The first-order valence-corrected chi connectivity index (χ1v) is 6.21. The summed E-state index contributed by atoms with van der Waals surface area (Å²) in [7, 11) is 0. The topological polar surface area (TPSA) is 38.3 Å². The maximum atomic E-state index is 11.7. The van der Waals surface area contributed by atoms with Crippen molar-refractivity contribution in [2.45, 2.75) is 18.9 Å². The van der Waals surface area contributed by atoms with Gasteiger partial charge in [0.25, 0.3) is 5.91 Å².